The largest absolute Gasteiger partial charge is 0.445 e. The van der Waals surface area contributed by atoms with Gasteiger partial charge in [-0.3, -0.25) is 10.1 Å². The fourth-order valence-corrected chi connectivity index (χ4v) is 3.98. The van der Waals surface area contributed by atoms with E-state index in [1.807, 2.05) is 12.1 Å². The minimum Gasteiger partial charge on any atom is -0.445 e. The monoisotopic (exact) mass is 396 g/mol. The van der Waals surface area contributed by atoms with Crippen LogP contribution in [0.3, 0.4) is 0 Å². The van der Waals surface area contributed by atoms with Crippen LogP contribution in [0.25, 0.3) is 0 Å². The maximum atomic E-state index is 13.0. The summed E-state index contributed by atoms with van der Waals surface area (Å²) < 4.78 is 18.5. The summed E-state index contributed by atoms with van der Waals surface area (Å²) in [5, 5.41) is 3.18. The van der Waals surface area contributed by atoms with E-state index in [-0.39, 0.29) is 5.82 Å². The molecule has 0 spiro atoms. The van der Waals surface area contributed by atoms with E-state index in [1.165, 1.54) is 23.5 Å². The maximum absolute atomic E-state index is 13.0. The van der Waals surface area contributed by atoms with Crippen LogP contribution in [-0.2, 0) is 22.4 Å². The van der Waals surface area contributed by atoms with Gasteiger partial charge in [0, 0.05) is 23.9 Å². The highest BCUT2D eigenvalue weighted by Gasteiger charge is 2.42. The van der Waals surface area contributed by atoms with Gasteiger partial charge in [0.2, 0.25) is 0 Å². The topological polar surface area (TPSA) is 68.3 Å². The first kappa shape index (κ1) is 18.3. The van der Waals surface area contributed by atoms with Crippen molar-refractivity contribution >= 4 is 28.3 Å². The zero-order valence-corrected chi connectivity index (χ0v) is 15.9. The van der Waals surface area contributed by atoms with Crippen molar-refractivity contribution in [1.82, 2.24) is 4.98 Å². The van der Waals surface area contributed by atoms with Gasteiger partial charge in [0.1, 0.15) is 5.82 Å². The molecule has 0 saturated heterocycles. The maximum Gasteiger partial charge on any atom is 0.339 e. The number of rotatable bonds is 4. The molecule has 2 aromatic carbocycles. The molecule has 1 amide bonds. The van der Waals surface area contributed by atoms with Gasteiger partial charge in [-0.15, -0.1) is 11.3 Å². The molecule has 3 aromatic rings. The number of thiazole rings is 1. The number of carbonyl (C=O) groups is 2. The van der Waals surface area contributed by atoms with Crippen LogP contribution in [0.2, 0.25) is 0 Å². The van der Waals surface area contributed by atoms with E-state index in [2.05, 4.69) is 10.3 Å². The number of benzene rings is 2. The molecule has 1 aromatic heterocycles. The Hall–Kier alpha value is -3.06. The Morgan fingerprint density at radius 2 is 2.00 bits per heavy atom. The second-order valence-electron chi connectivity index (χ2n) is 6.84. The van der Waals surface area contributed by atoms with Crippen molar-refractivity contribution in [3.63, 3.8) is 0 Å². The third-order valence-corrected chi connectivity index (χ3v) is 5.54. The first-order chi connectivity index (χ1) is 13.4. The summed E-state index contributed by atoms with van der Waals surface area (Å²) in [6.45, 7) is 1.60. The van der Waals surface area contributed by atoms with Gasteiger partial charge in [-0.1, -0.05) is 30.3 Å². The molecule has 2 heterocycles. The lowest BCUT2D eigenvalue weighted by Gasteiger charge is -2.32. The SMILES string of the molecule is C[C@]1(C(=O)Nc2ncc(Cc3ccc(F)cc3)s2)Cc2ccccc2C(=O)O1. The Morgan fingerprint density at radius 1 is 1.25 bits per heavy atom. The van der Waals surface area contributed by atoms with Crippen LogP contribution < -0.4 is 5.32 Å². The number of amides is 1. The van der Waals surface area contributed by atoms with Gasteiger partial charge < -0.3 is 4.74 Å². The van der Waals surface area contributed by atoms with E-state index in [0.717, 1.165) is 16.0 Å². The van der Waals surface area contributed by atoms with E-state index in [9.17, 15) is 14.0 Å². The number of ether oxygens (including phenoxy) is 1. The molecule has 1 aliphatic rings. The standard InChI is InChI=1S/C21H17FN2O3S/c1-21(11-14-4-2-3-5-17(14)18(25)27-21)19(26)24-20-23-12-16(28-20)10-13-6-8-15(22)9-7-13/h2-9,12H,10-11H2,1H3,(H,23,24,26)/t21-/m1/s1. The van der Waals surface area contributed by atoms with Gasteiger partial charge in [0.05, 0.1) is 5.56 Å². The minimum atomic E-state index is -1.30. The number of nitrogens with zero attached hydrogens (tertiary/aromatic N) is 1. The molecule has 0 aliphatic carbocycles. The Morgan fingerprint density at radius 3 is 2.79 bits per heavy atom. The second-order valence-corrected chi connectivity index (χ2v) is 7.96. The molecule has 5 nitrogen and oxygen atoms in total. The number of carbonyl (C=O) groups excluding carboxylic acids is 2. The predicted molar refractivity (Wildman–Crippen MR) is 104 cm³/mol. The van der Waals surface area contributed by atoms with Crippen molar-refractivity contribution in [2.45, 2.75) is 25.4 Å². The molecular weight excluding hydrogens is 379 g/mol. The predicted octanol–water partition coefficient (Wildman–Crippen LogP) is 3.98. The van der Waals surface area contributed by atoms with Gasteiger partial charge in [-0.05, 0) is 36.2 Å². The lowest BCUT2D eigenvalue weighted by atomic mass is 9.89. The first-order valence-electron chi connectivity index (χ1n) is 8.75. The Balaban J connectivity index is 1.46. The first-order valence-corrected chi connectivity index (χ1v) is 9.56. The lowest BCUT2D eigenvalue weighted by molar-refractivity contribution is -0.134. The minimum absolute atomic E-state index is 0.280. The quantitative estimate of drug-likeness (QED) is 0.678. The van der Waals surface area contributed by atoms with Crippen LogP contribution in [0, 0.1) is 5.82 Å². The van der Waals surface area contributed by atoms with Gasteiger partial charge in [-0.25, -0.2) is 14.2 Å². The molecule has 1 aliphatic heterocycles. The number of cyclic esters (lactones) is 1. The zero-order valence-electron chi connectivity index (χ0n) is 15.1. The molecule has 7 heteroatoms. The molecule has 4 rings (SSSR count). The van der Waals surface area contributed by atoms with E-state index in [1.54, 1.807) is 37.4 Å². The van der Waals surface area contributed by atoms with Crippen LogP contribution in [0.1, 0.15) is 33.3 Å². The van der Waals surface area contributed by atoms with Crippen molar-refractivity contribution in [2.24, 2.45) is 0 Å². The van der Waals surface area contributed by atoms with Crippen molar-refractivity contribution in [2.75, 3.05) is 5.32 Å². The van der Waals surface area contributed by atoms with Gasteiger partial charge in [-0.2, -0.15) is 0 Å². The number of aromatic nitrogens is 1. The third-order valence-electron chi connectivity index (χ3n) is 4.63. The number of nitrogens with one attached hydrogen (secondary N) is 1. The Bertz CT molecular complexity index is 1050. The molecule has 0 fully saturated rings. The molecule has 142 valence electrons. The number of halogens is 1. The van der Waals surface area contributed by atoms with Gasteiger partial charge in [0.15, 0.2) is 10.7 Å². The third kappa shape index (κ3) is 3.66. The van der Waals surface area contributed by atoms with E-state index >= 15 is 0 Å². The molecule has 0 radical (unpaired) electrons. The summed E-state index contributed by atoms with van der Waals surface area (Å²) in [5.74, 6) is -1.20. The molecule has 1 N–H and O–H groups in total. The van der Waals surface area contributed by atoms with Crippen molar-refractivity contribution < 1.29 is 18.7 Å². The molecule has 1 atom stereocenters. The number of fused-ring (bicyclic) bond motifs is 1. The highest BCUT2D eigenvalue weighted by Crippen LogP contribution is 2.30. The van der Waals surface area contributed by atoms with Crippen LogP contribution in [0.4, 0.5) is 9.52 Å². The summed E-state index contributed by atoms with van der Waals surface area (Å²) in [5.41, 5.74) is 0.928. The molecule has 28 heavy (non-hydrogen) atoms. The van der Waals surface area contributed by atoms with E-state index in [4.69, 9.17) is 4.74 Å². The van der Waals surface area contributed by atoms with E-state index < -0.39 is 17.5 Å². The summed E-state index contributed by atoms with van der Waals surface area (Å²) in [6.07, 6.45) is 2.57. The summed E-state index contributed by atoms with van der Waals surface area (Å²) >= 11 is 1.33. The van der Waals surface area contributed by atoms with E-state index in [0.29, 0.717) is 23.5 Å². The summed E-state index contributed by atoms with van der Waals surface area (Å²) in [4.78, 5) is 30.2. The lowest BCUT2D eigenvalue weighted by Crippen LogP contribution is -2.48. The molecule has 0 unspecified atom stereocenters. The normalized spacial score (nSPS) is 18.3. The summed E-state index contributed by atoms with van der Waals surface area (Å²) in [7, 11) is 0. The average molecular weight is 396 g/mol. The molecule has 0 bridgehead atoms. The summed E-state index contributed by atoms with van der Waals surface area (Å²) in [6, 6.07) is 13.4. The van der Waals surface area contributed by atoms with Crippen LogP contribution in [-0.4, -0.2) is 22.5 Å². The highest BCUT2D eigenvalue weighted by molar-refractivity contribution is 7.15. The van der Waals surface area contributed by atoms with Crippen LogP contribution >= 0.6 is 11.3 Å². The number of esters is 1. The fourth-order valence-electron chi connectivity index (χ4n) is 3.14. The van der Waals surface area contributed by atoms with Crippen LogP contribution in [0.5, 0.6) is 0 Å². The second kappa shape index (κ2) is 7.16. The average Bonchev–Trinajstić information content (AvgIpc) is 3.10. The Kier molecular flexibility index (Phi) is 4.68. The zero-order chi connectivity index (χ0) is 19.7. The fraction of sp³-hybridized carbons (Fsp3) is 0.190. The van der Waals surface area contributed by atoms with Crippen LogP contribution in [0.15, 0.2) is 54.7 Å². The highest BCUT2D eigenvalue weighted by atomic mass is 32.1. The molecule has 0 saturated carbocycles. The number of anilines is 1. The van der Waals surface area contributed by atoms with Gasteiger partial charge in [0.25, 0.3) is 5.91 Å². The smallest absolute Gasteiger partial charge is 0.339 e. The van der Waals surface area contributed by atoms with Crippen molar-refractivity contribution in [3.8, 4) is 0 Å². The molecular formula is C21H17FN2O3S. The van der Waals surface area contributed by atoms with Crippen molar-refractivity contribution in [1.29, 1.82) is 0 Å². The number of hydrogen-bond acceptors (Lipinski definition) is 5. The number of hydrogen-bond donors (Lipinski definition) is 1. The van der Waals surface area contributed by atoms with Gasteiger partial charge >= 0.3 is 5.97 Å². The van der Waals surface area contributed by atoms with Crippen molar-refractivity contribution in [3.05, 3.63) is 82.1 Å². The Labute approximate surface area is 165 Å².